The Bertz CT molecular complexity index is 760. The predicted octanol–water partition coefficient (Wildman–Crippen LogP) is 3.52. The van der Waals surface area contributed by atoms with Gasteiger partial charge in [-0.1, -0.05) is 42.8 Å². The van der Waals surface area contributed by atoms with Crippen LogP contribution >= 0.6 is 11.6 Å². The number of halogens is 1. The number of ether oxygens (including phenoxy) is 1. The van der Waals surface area contributed by atoms with Crippen LogP contribution in [-0.4, -0.2) is 18.5 Å². The summed E-state index contributed by atoms with van der Waals surface area (Å²) in [6.45, 7) is 3.57. The number of benzene rings is 2. The molecule has 6 heteroatoms. The molecule has 0 saturated heterocycles. The summed E-state index contributed by atoms with van der Waals surface area (Å²) in [5, 5.41) is 3.16. The van der Waals surface area contributed by atoms with Gasteiger partial charge >= 0.3 is 5.97 Å². The summed E-state index contributed by atoms with van der Waals surface area (Å²) in [6.07, 6.45) is 0.962. The third kappa shape index (κ3) is 5.22. The van der Waals surface area contributed by atoms with E-state index < -0.39 is 5.97 Å². The number of amides is 1. The molecule has 0 bridgehead atoms. The number of hydrogen-bond acceptors (Lipinski definition) is 4. The van der Waals surface area contributed by atoms with E-state index in [4.69, 9.17) is 22.1 Å². The number of rotatable bonds is 6. The maximum absolute atomic E-state index is 12.0. The molecule has 0 aliphatic heterocycles. The summed E-state index contributed by atoms with van der Waals surface area (Å²) in [4.78, 5) is 24.0. The molecule has 3 N–H and O–H groups in total. The lowest BCUT2D eigenvalue weighted by Crippen LogP contribution is -2.31. The van der Waals surface area contributed by atoms with Crippen molar-refractivity contribution in [1.82, 2.24) is 5.32 Å². The van der Waals surface area contributed by atoms with Crippen LogP contribution < -0.4 is 11.1 Å². The van der Waals surface area contributed by atoms with Gasteiger partial charge in [0.25, 0.3) is 5.91 Å². The van der Waals surface area contributed by atoms with Crippen molar-refractivity contribution in [1.29, 1.82) is 0 Å². The fourth-order valence-electron chi connectivity index (χ4n) is 2.32. The summed E-state index contributed by atoms with van der Waals surface area (Å²) in [5.41, 5.74) is 8.32. The van der Waals surface area contributed by atoms with Crippen molar-refractivity contribution in [2.75, 3.05) is 12.3 Å². The lowest BCUT2D eigenvalue weighted by molar-refractivity contribution is -0.124. The average Bonchev–Trinajstić information content (AvgIpc) is 2.61. The fraction of sp³-hybridized carbons (Fsp3) is 0.263. The molecule has 25 heavy (non-hydrogen) atoms. The molecule has 2 aromatic rings. The second-order valence-corrected chi connectivity index (χ2v) is 6.13. The van der Waals surface area contributed by atoms with E-state index in [-0.39, 0.29) is 29.8 Å². The van der Waals surface area contributed by atoms with Gasteiger partial charge in [0.05, 0.1) is 11.6 Å². The number of aryl methyl sites for hydroxylation is 1. The number of hydrogen-bond donors (Lipinski definition) is 2. The monoisotopic (exact) mass is 360 g/mol. The van der Waals surface area contributed by atoms with Crippen LogP contribution in [0.1, 0.15) is 41.4 Å². The van der Waals surface area contributed by atoms with Crippen LogP contribution in [0.4, 0.5) is 5.69 Å². The van der Waals surface area contributed by atoms with Gasteiger partial charge in [-0.05, 0) is 42.7 Å². The largest absolute Gasteiger partial charge is 0.452 e. The first-order chi connectivity index (χ1) is 11.9. The molecule has 0 aliphatic rings. The number of nitrogen functional groups attached to an aromatic ring is 1. The van der Waals surface area contributed by atoms with Gasteiger partial charge in [-0.25, -0.2) is 4.79 Å². The average molecular weight is 361 g/mol. The molecule has 0 heterocycles. The molecule has 0 radical (unpaired) electrons. The Labute approximate surface area is 152 Å². The summed E-state index contributed by atoms with van der Waals surface area (Å²) >= 11 is 5.84. The fourth-order valence-corrected chi connectivity index (χ4v) is 2.49. The number of nitrogens with two attached hydrogens (primary N) is 1. The maximum atomic E-state index is 12.0. The Morgan fingerprint density at radius 1 is 1.20 bits per heavy atom. The highest BCUT2D eigenvalue weighted by Crippen LogP contribution is 2.19. The highest BCUT2D eigenvalue weighted by Gasteiger charge is 2.15. The molecule has 0 spiro atoms. The molecule has 0 aromatic heterocycles. The summed E-state index contributed by atoms with van der Waals surface area (Å²) < 4.78 is 5.01. The Hall–Kier alpha value is -2.53. The van der Waals surface area contributed by atoms with Crippen LogP contribution in [0.15, 0.2) is 42.5 Å². The zero-order valence-corrected chi connectivity index (χ0v) is 15.0. The molecular formula is C19H21ClN2O3. The summed E-state index contributed by atoms with van der Waals surface area (Å²) in [7, 11) is 0. The van der Waals surface area contributed by atoms with Crippen molar-refractivity contribution in [3.05, 3.63) is 64.2 Å². The molecule has 0 aliphatic carbocycles. The van der Waals surface area contributed by atoms with Crippen LogP contribution in [0, 0.1) is 0 Å². The van der Waals surface area contributed by atoms with Gasteiger partial charge in [0.15, 0.2) is 6.61 Å². The SMILES string of the molecule is CCc1ccc(C(C)NC(=O)COC(=O)c2cc(Cl)ccc2N)cc1. The molecule has 132 valence electrons. The van der Waals surface area contributed by atoms with Gasteiger partial charge in [0.2, 0.25) is 0 Å². The second kappa shape index (κ2) is 8.53. The highest BCUT2D eigenvalue weighted by atomic mass is 35.5. The van der Waals surface area contributed by atoms with Crippen LogP contribution in [0.2, 0.25) is 5.02 Å². The lowest BCUT2D eigenvalue weighted by atomic mass is 10.1. The number of nitrogens with one attached hydrogen (secondary N) is 1. The lowest BCUT2D eigenvalue weighted by Gasteiger charge is -2.15. The zero-order chi connectivity index (χ0) is 18.4. The van der Waals surface area contributed by atoms with Gasteiger partial charge in [0, 0.05) is 10.7 Å². The van der Waals surface area contributed by atoms with E-state index in [0.717, 1.165) is 12.0 Å². The Morgan fingerprint density at radius 2 is 1.88 bits per heavy atom. The Balaban J connectivity index is 1.89. The van der Waals surface area contributed by atoms with E-state index in [2.05, 4.69) is 12.2 Å². The first kappa shape index (κ1) is 18.8. The molecule has 1 amide bonds. The summed E-state index contributed by atoms with van der Waals surface area (Å²) in [6, 6.07) is 12.3. The zero-order valence-electron chi connectivity index (χ0n) is 14.2. The minimum absolute atomic E-state index is 0.142. The van der Waals surface area contributed by atoms with Crippen molar-refractivity contribution in [2.45, 2.75) is 26.3 Å². The standard InChI is InChI=1S/C19H21ClN2O3/c1-3-13-4-6-14(7-5-13)12(2)22-18(23)11-25-19(24)16-10-15(20)8-9-17(16)21/h4-10,12H,3,11,21H2,1-2H3,(H,22,23). The van der Waals surface area contributed by atoms with E-state index in [9.17, 15) is 9.59 Å². The third-order valence-corrected chi connectivity index (χ3v) is 4.07. The number of anilines is 1. The van der Waals surface area contributed by atoms with Crippen molar-refractivity contribution in [3.63, 3.8) is 0 Å². The number of carbonyl (C=O) groups excluding carboxylic acids is 2. The van der Waals surface area contributed by atoms with Crippen molar-refractivity contribution in [3.8, 4) is 0 Å². The molecule has 2 aromatic carbocycles. The van der Waals surface area contributed by atoms with Crippen LogP contribution in [0.3, 0.4) is 0 Å². The quantitative estimate of drug-likeness (QED) is 0.610. The maximum Gasteiger partial charge on any atom is 0.340 e. The molecule has 1 atom stereocenters. The van der Waals surface area contributed by atoms with Crippen molar-refractivity contribution < 1.29 is 14.3 Å². The van der Waals surface area contributed by atoms with E-state index in [0.29, 0.717) is 5.02 Å². The topological polar surface area (TPSA) is 81.4 Å². The molecule has 1 unspecified atom stereocenters. The van der Waals surface area contributed by atoms with E-state index in [1.54, 1.807) is 6.07 Å². The van der Waals surface area contributed by atoms with Crippen molar-refractivity contribution >= 4 is 29.2 Å². The Morgan fingerprint density at radius 3 is 2.52 bits per heavy atom. The minimum Gasteiger partial charge on any atom is -0.452 e. The number of carbonyl (C=O) groups is 2. The Kier molecular flexibility index (Phi) is 6.42. The molecule has 5 nitrogen and oxygen atoms in total. The summed E-state index contributed by atoms with van der Waals surface area (Å²) in [5.74, 6) is -1.07. The van der Waals surface area contributed by atoms with Crippen LogP contribution in [0.25, 0.3) is 0 Å². The molecule has 0 saturated carbocycles. The molecule has 2 rings (SSSR count). The second-order valence-electron chi connectivity index (χ2n) is 5.69. The molecular weight excluding hydrogens is 340 g/mol. The smallest absolute Gasteiger partial charge is 0.340 e. The van der Waals surface area contributed by atoms with Crippen LogP contribution in [0.5, 0.6) is 0 Å². The third-order valence-electron chi connectivity index (χ3n) is 3.84. The minimum atomic E-state index is -0.685. The van der Waals surface area contributed by atoms with E-state index in [1.807, 2.05) is 31.2 Å². The van der Waals surface area contributed by atoms with Gasteiger partial charge in [-0.15, -0.1) is 0 Å². The number of esters is 1. The predicted molar refractivity (Wildman–Crippen MR) is 98.5 cm³/mol. The van der Waals surface area contributed by atoms with E-state index >= 15 is 0 Å². The van der Waals surface area contributed by atoms with Gasteiger partial charge in [-0.2, -0.15) is 0 Å². The first-order valence-corrected chi connectivity index (χ1v) is 8.38. The van der Waals surface area contributed by atoms with E-state index in [1.165, 1.54) is 17.7 Å². The normalized spacial score (nSPS) is 11.6. The van der Waals surface area contributed by atoms with Crippen LogP contribution in [-0.2, 0) is 16.0 Å². The molecule has 0 fully saturated rings. The first-order valence-electron chi connectivity index (χ1n) is 8.01. The van der Waals surface area contributed by atoms with Gasteiger partial charge in [-0.3, -0.25) is 4.79 Å². The highest BCUT2D eigenvalue weighted by molar-refractivity contribution is 6.31. The van der Waals surface area contributed by atoms with Crippen molar-refractivity contribution in [2.24, 2.45) is 0 Å². The van der Waals surface area contributed by atoms with Gasteiger partial charge in [0.1, 0.15) is 0 Å². The van der Waals surface area contributed by atoms with Gasteiger partial charge < -0.3 is 15.8 Å².